The monoisotopic (exact) mass is 383 g/mol. The summed E-state index contributed by atoms with van der Waals surface area (Å²) in [6.45, 7) is 0. The van der Waals surface area contributed by atoms with Gasteiger partial charge in [0.25, 0.3) is 0 Å². The summed E-state index contributed by atoms with van der Waals surface area (Å²) < 4.78 is 48.6. The number of rotatable bonds is 8. The van der Waals surface area contributed by atoms with Crippen LogP contribution >= 0.6 is 7.60 Å². The summed E-state index contributed by atoms with van der Waals surface area (Å²) in [6.07, 6.45) is -3.95. The van der Waals surface area contributed by atoms with Crippen molar-refractivity contribution in [1.29, 1.82) is 0 Å². The van der Waals surface area contributed by atoms with Gasteiger partial charge in [0.15, 0.2) is 0 Å². The van der Waals surface area contributed by atoms with Crippen LogP contribution in [0.3, 0.4) is 0 Å². The molecule has 0 spiro atoms. The highest BCUT2D eigenvalue weighted by atomic mass is 31.2. The molecular formula is C15H21F3NO5P. The molecule has 0 aromatic heterocycles. The molecule has 3 N–H and O–H groups in total. The van der Waals surface area contributed by atoms with E-state index in [0.717, 1.165) is 19.2 Å². The topological polar surface area (TPSA) is 98.1 Å². The summed E-state index contributed by atoms with van der Waals surface area (Å²) in [5.74, 6) is -1.29. The molecule has 0 saturated carbocycles. The van der Waals surface area contributed by atoms with Gasteiger partial charge in [-0.15, -0.1) is 0 Å². The van der Waals surface area contributed by atoms with Crippen LogP contribution < -0.4 is 0 Å². The number of hydrogen-bond donors (Lipinski definition) is 3. The Balaban J connectivity index is 2.61. The third kappa shape index (κ3) is 8.49. The molecular weight excluding hydrogens is 362 g/mol. The van der Waals surface area contributed by atoms with E-state index in [1.54, 1.807) is 0 Å². The van der Waals surface area contributed by atoms with E-state index in [9.17, 15) is 22.5 Å². The van der Waals surface area contributed by atoms with E-state index in [0.29, 0.717) is 29.9 Å². The van der Waals surface area contributed by atoms with Crippen molar-refractivity contribution in [3.05, 3.63) is 35.4 Å². The predicted molar refractivity (Wildman–Crippen MR) is 84.0 cm³/mol. The fourth-order valence-corrected chi connectivity index (χ4v) is 3.41. The summed E-state index contributed by atoms with van der Waals surface area (Å²) in [7, 11) is -3.20. The van der Waals surface area contributed by atoms with Crippen LogP contribution in [-0.4, -0.2) is 39.2 Å². The lowest BCUT2D eigenvalue weighted by Crippen LogP contribution is -2.26. The van der Waals surface area contributed by atoms with Crippen molar-refractivity contribution in [1.82, 2.24) is 5.06 Å². The highest BCUT2D eigenvalue weighted by Crippen LogP contribution is 2.39. The van der Waals surface area contributed by atoms with E-state index in [4.69, 9.17) is 15.0 Å². The average molecular weight is 383 g/mol. The third-order valence-corrected chi connectivity index (χ3v) is 4.67. The summed E-state index contributed by atoms with van der Waals surface area (Å²) in [4.78, 5) is 29.7. The zero-order chi connectivity index (χ0) is 19.3. The number of benzene rings is 1. The van der Waals surface area contributed by atoms with E-state index >= 15 is 0 Å². The number of hydroxylamine groups is 2. The van der Waals surface area contributed by atoms with Gasteiger partial charge in [0.05, 0.1) is 11.7 Å². The minimum absolute atomic E-state index is 0.217. The van der Waals surface area contributed by atoms with Crippen LogP contribution in [0.25, 0.3) is 0 Å². The van der Waals surface area contributed by atoms with E-state index in [-0.39, 0.29) is 6.42 Å². The van der Waals surface area contributed by atoms with Gasteiger partial charge < -0.3 is 9.79 Å². The van der Waals surface area contributed by atoms with Gasteiger partial charge >= 0.3 is 13.8 Å². The van der Waals surface area contributed by atoms with Crippen LogP contribution in [0, 0.1) is 5.92 Å². The molecule has 25 heavy (non-hydrogen) atoms. The van der Waals surface area contributed by atoms with Gasteiger partial charge in [0.2, 0.25) is 5.91 Å². The first kappa shape index (κ1) is 21.6. The van der Waals surface area contributed by atoms with Crippen molar-refractivity contribution in [3.8, 4) is 0 Å². The average Bonchev–Trinajstić information content (AvgIpc) is 2.44. The van der Waals surface area contributed by atoms with Gasteiger partial charge in [-0.2, -0.15) is 13.2 Å². The largest absolute Gasteiger partial charge is 0.416 e. The summed E-state index contributed by atoms with van der Waals surface area (Å²) in [6, 6.07) is 4.67. The van der Waals surface area contributed by atoms with Crippen LogP contribution in [0.2, 0.25) is 0 Å². The fourth-order valence-electron chi connectivity index (χ4n) is 2.43. The lowest BCUT2D eigenvalue weighted by atomic mass is 9.97. The summed E-state index contributed by atoms with van der Waals surface area (Å²) >= 11 is 0. The van der Waals surface area contributed by atoms with E-state index < -0.39 is 37.3 Å². The van der Waals surface area contributed by atoms with Crippen molar-refractivity contribution in [3.63, 3.8) is 0 Å². The maximum absolute atomic E-state index is 12.5. The van der Waals surface area contributed by atoms with Crippen molar-refractivity contribution < 1.29 is 37.5 Å². The van der Waals surface area contributed by atoms with Gasteiger partial charge in [-0.3, -0.25) is 14.6 Å². The number of carbonyl (C=O) groups is 1. The number of halogens is 3. The molecule has 1 amide bonds. The Morgan fingerprint density at radius 1 is 1.24 bits per heavy atom. The molecule has 6 nitrogen and oxygen atoms in total. The molecule has 0 heterocycles. The molecule has 142 valence electrons. The molecule has 0 aliphatic rings. The maximum atomic E-state index is 12.5. The lowest BCUT2D eigenvalue weighted by molar-refractivity contribution is -0.160. The number of carbonyl (C=O) groups excluding carboxylic acids is 1. The SMILES string of the molecule is CN(O)C(=O)CC(CCCc1ccc(C(F)(F)F)cc1)CP(=O)(O)O. The molecule has 0 aliphatic carbocycles. The van der Waals surface area contributed by atoms with Gasteiger partial charge in [-0.25, -0.2) is 5.06 Å². The Bertz CT molecular complexity index is 613. The molecule has 1 rings (SSSR count). The van der Waals surface area contributed by atoms with Gasteiger partial charge in [-0.05, 0) is 42.9 Å². The maximum Gasteiger partial charge on any atom is 0.416 e. The molecule has 0 bridgehead atoms. The first-order chi connectivity index (χ1) is 11.4. The highest BCUT2D eigenvalue weighted by Gasteiger charge is 2.30. The Morgan fingerprint density at radius 3 is 2.24 bits per heavy atom. The van der Waals surface area contributed by atoms with Crippen molar-refractivity contribution in [2.45, 2.75) is 31.9 Å². The highest BCUT2D eigenvalue weighted by molar-refractivity contribution is 7.51. The number of amides is 1. The van der Waals surface area contributed by atoms with Gasteiger partial charge in [-0.1, -0.05) is 12.1 Å². The minimum Gasteiger partial charge on any atom is -0.324 e. The molecule has 1 atom stereocenters. The number of nitrogens with zero attached hydrogens (tertiary/aromatic N) is 1. The number of hydrogen-bond acceptors (Lipinski definition) is 3. The standard InChI is InChI=1S/C15H21F3NO5P/c1-19(21)14(20)9-12(10-25(22,23)24)4-2-3-11-5-7-13(8-6-11)15(16,17)18/h5-8,12,21H,2-4,9-10H2,1H3,(H2,22,23,24). The van der Waals surface area contributed by atoms with E-state index in [1.165, 1.54) is 12.1 Å². The Labute approximate surface area is 143 Å². The number of aryl methyl sites for hydroxylation is 1. The van der Waals surface area contributed by atoms with E-state index in [2.05, 4.69) is 0 Å². The summed E-state index contributed by atoms with van der Waals surface area (Å²) in [5.41, 5.74) is -0.0826. The summed E-state index contributed by atoms with van der Waals surface area (Å²) in [5, 5.41) is 9.42. The quantitative estimate of drug-likeness (QED) is 0.364. The van der Waals surface area contributed by atoms with Gasteiger partial charge in [0.1, 0.15) is 0 Å². The lowest BCUT2D eigenvalue weighted by Gasteiger charge is -2.18. The molecule has 1 unspecified atom stereocenters. The van der Waals surface area contributed by atoms with Crippen molar-refractivity contribution in [2.24, 2.45) is 5.92 Å². The normalized spacial score (nSPS) is 13.6. The molecule has 0 fully saturated rings. The zero-order valence-corrected chi connectivity index (χ0v) is 14.5. The van der Waals surface area contributed by atoms with Crippen LogP contribution in [0.1, 0.15) is 30.4 Å². The van der Waals surface area contributed by atoms with Crippen LogP contribution in [-0.2, 0) is 22.0 Å². The first-order valence-corrected chi connectivity index (χ1v) is 9.34. The zero-order valence-electron chi connectivity index (χ0n) is 13.6. The van der Waals surface area contributed by atoms with Crippen LogP contribution in [0.4, 0.5) is 13.2 Å². The second-order valence-electron chi connectivity index (χ2n) is 5.92. The van der Waals surface area contributed by atoms with Gasteiger partial charge in [0, 0.05) is 13.5 Å². The molecule has 0 saturated heterocycles. The van der Waals surface area contributed by atoms with Crippen molar-refractivity contribution >= 4 is 13.5 Å². The second kappa shape index (κ2) is 8.80. The third-order valence-electron chi connectivity index (χ3n) is 3.68. The Morgan fingerprint density at radius 2 is 1.80 bits per heavy atom. The molecule has 0 radical (unpaired) electrons. The van der Waals surface area contributed by atoms with E-state index in [1.807, 2.05) is 0 Å². The predicted octanol–water partition coefficient (Wildman–Crippen LogP) is 3.06. The fraction of sp³-hybridized carbons (Fsp3) is 0.533. The second-order valence-corrected chi connectivity index (χ2v) is 7.62. The Kier molecular flexibility index (Phi) is 7.62. The van der Waals surface area contributed by atoms with Crippen LogP contribution in [0.15, 0.2) is 24.3 Å². The molecule has 1 aromatic carbocycles. The first-order valence-electron chi connectivity index (χ1n) is 7.54. The molecule has 10 heteroatoms. The number of alkyl halides is 3. The smallest absolute Gasteiger partial charge is 0.324 e. The molecule has 0 aliphatic heterocycles. The Hall–Kier alpha value is -1.41. The minimum atomic E-state index is -4.40. The van der Waals surface area contributed by atoms with Crippen LogP contribution in [0.5, 0.6) is 0 Å². The van der Waals surface area contributed by atoms with Crippen molar-refractivity contribution in [2.75, 3.05) is 13.2 Å². The molecule has 1 aromatic rings.